The summed E-state index contributed by atoms with van der Waals surface area (Å²) in [5.41, 5.74) is 1.04. The highest BCUT2D eigenvalue weighted by molar-refractivity contribution is 5.80. The second-order valence-corrected chi connectivity index (χ2v) is 3.59. The number of rotatable bonds is 5. The Kier molecular flexibility index (Phi) is 4.33. The SMILES string of the molecule is CC(O)CCC(=O)Cc1ccccc1. The van der Waals surface area contributed by atoms with Crippen molar-refractivity contribution in [2.24, 2.45) is 0 Å². The summed E-state index contributed by atoms with van der Waals surface area (Å²) in [7, 11) is 0. The summed E-state index contributed by atoms with van der Waals surface area (Å²) in [5.74, 6) is 0.192. The van der Waals surface area contributed by atoms with Crippen LogP contribution in [0.15, 0.2) is 30.3 Å². The average Bonchev–Trinajstić information content (AvgIpc) is 2.16. The fourth-order valence-corrected chi connectivity index (χ4v) is 1.28. The van der Waals surface area contributed by atoms with Crippen LogP contribution in [-0.4, -0.2) is 17.0 Å². The summed E-state index contributed by atoms with van der Waals surface area (Å²) < 4.78 is 0. The van der Waals surface area contributed by atoms with Crippen LogP contribution in [0.3, 0.4) is 0 Å². The Morgan fingerprint density at radius 2 is 2.00 bits per heavy atom. The maximum absolute atomic E-state index is 11.4. The Hall–Kier alpha value is -1.15. The first-order chi connectivity index (χ1) is 6.68. The van der Waals surface area contributed by atoms with E-state index in [1.54, 1.807) is 6.92 Å². The van der Waals surface area contributed by atoms with Crippen LogP contribution in [0.25, 0.3) is 0 Å². The maximum atomic E-state index is 11.4. The summed E-state index contributed by atoms with van der Waals surface area (Å²) in [6.07, 6.45) is 1.13. The predicted octanol–water partition coefficient (Wildman–Crippen LogP) is 1.96. The van der Waals surface area contributed by atoms with Crippen molar-refractivity contribution in [3.8, 4) is 0 Å². The van der Waals surface area contributed by atoms with Gasteiger partial charge in [-0.3, -0.25) is 4.79 Å². The molecular weight excluding hydrogens is 176 g/mol. The molecule has 1 aromatic carbocycles. The molecule has 14 heavy (non-hydrogen) atoms. The summed E-state index contributed by atoms with van der Waals surface area (Å²) in [4.78, 5) is 11.4. The van der Waals surface area contributed by atoms with Gasteiger partial charge in [-0.05, 0) is 18.9 Å². The molecule has 0 aromatic heterocycles. The number of aliphatic hydroxyl groups excluding tert-OH is 1. The van der Waals surface area contributed by atoms with Crippen molar-refractivity contribution in [2.75, 3.05) is 0 Å². The number of ketones is 1. The molecular formula is C12H16O2. The molecule has 76 valence electrons. The zero-order valence-corrected chi connectivity index (χ0v) is 8.44. The Morgan fingerprint density at radius 1 is 1.36 bits per heavy atom. The van der Waals surface area contributed by atoms with Gasteiger partial charge in [0.25, 0.3) is 0 Å². The van der Waals surface area contributed by atoms with Gasteiger partial charge in [-0.15, -0.1) is 0 Å². The fourth-order valence-electron chi connectivity index (χ4n) is 1.28. The van der Waals surface area contributed by atoms with Crippen molar-refractivity contribution >= 4 is 5.78 Å². The van der Waals surface area contributed by atoms with E-state index in [1.807, 2.05) is 30.3 Å². The molecule has 0 amide bonds. The molecule has 0 aliphatic rings. The molecule has 2 nitrogen and oxygen atoms in total. The van der Waals surface area contributed by atoms with Crippen LogP contribution < -0.4 is 0 Å². The molecule has 0 saturated carbocycles. The lowest BCUT2D eigenvalue weighted by molar-refractivity contribution is -0.118. The number of hydrogen-bond donors (Lipinski definition) is 1. The van der Waals surface area contributed by atoms with Gasteiger partial charge in [-0.25, -0.2) is 0 Å². The number of Topliss-reactive ketones (excluding diaryl/α,β-unsaturated/α-hetero) is 1. The summed E-state index contributed by atoms with van der Waals surface area (Å²) in [5, 5.41) is 9.02. The lowest BCUT2D eigenvalue weighted by Crippen LogP contribution is -2.07. The molecule has 0 fully saturated rings. The second-order valence-electron chi connectivity index (χ2n) is 3.59. The van der Waals surface area contributed by atoms with Gasteiger partial charge in [0.15, 0.2) is 0 Å². The minimum Gasteiger partial charge on any atom is -0.393 e. The highest BCUT2D eigenvalue weighted by Crippen LogP contribution is 2.04. The molecule has 2 heteroatoms. The third-order valence-electron chi connectivity index (χ3n) is 2.09. The van der Waals surface area contributed by atoms with Crippen LogP contribution >= 0.6 is 0 Å². The third-order valence-corrected chi connectivity index (χ3v) is 2.09. The highest BCUT2D eigenvalue weighted by Gasteiger charge is 2.05. The van der Waals surface area contributed by atoms with Gasteiger partial charge < -0.3 is 5.11 Å². The molecule has 1 rings (SSSR count). The quantitative estimate of drug-likeness (QED) is 0.774. The van der Waals surface area contributed by atoms with Gasteiger partial charge >= 0.3 is 0 Å². The van der Waals surface area contributed by atoms with Gasteiger partial charge in [0.1, 0.15) is 5.78 Å². The van der Waals surface area contributed by atoms with Crippen molar-refractivity contribution < 1.29 is 9.90 Å². The molecule has 0 spiro atoms. The third kappa shape index (κ3) is 4.19. The van der Waals surface area contributed by atoms with Gasteiger partial charge in [0, 0.05) is 12.8 Å². The average molecular weight is 192 g/mol. The molecule has 0 radical (unpaired) electrons. The van der Waals surface area contributed by atoms with Gasteiger partial charge in [-0.2, -0.15) is 0 Å². The van der Waals surface area contributed by atoms with Gasteiger partial charge in [-0.1, -0.05) is 30.3 Å². The number of carbonyl (C=O) groups excluding carboxylic acids is 1. The molecule has 0 heterocycles. The molecule has 0 aliphatic carbocycles. The number of aliphatic hydroxyl groups is 1. The van der Waals surface area contributed by atoms with E-state index in [4.69, 9.17) is 5.11 Å². The van der Waals surface area contributed by atoms with Crippen molar-refractivity contribution in [1.82, 2.24) is 0 Å². The van der Waals surface area contributed by atoms with Crippen molar-refractivity contribution in [2.45, 2.75) is 32.3 Å². The normalized spacial score (nSPS) is 12.4. The summed E-state index contributed by atoms with van der Waals surface area (Å²) in [6, 6.07) is 9.68. The first-order valence-electron chi connectivity index (χ1n) is 4.92. The fraction of sp³-hybridized carbons (Fsp3) is 0.417. The maximum Gasteiger partial charge on any atom is 0.137 e. The van der Waals surface area contributed by atoms with Gasteiger partial charge in [0.05, 0.1) is 6.10 Å². The van der Waals surface area contributed by atoms with E-state index < -0.39 is 0 Å². The van der Waals surface area contributed by atoms with E-state index in [9.17, 15) is 4.79 Å². The zero-order valence-electron chi connectivity index (χ0n) is 8.44. The van der Waals surface area contributed by atoms with E-state index in [0.29, 0.717) is 19.3 Å². The predicted molar refractivity (Wildman–Crippen MR) is 56.1 cm³/mol. The minimum absolute atomic E-state index is 0.192. The molecule has 0 saturated heterocycles. The Balaban J connectivity index is 2.35. The monoisotopic (exact) mass is 192 g/mol. The highest BCUT2D eigenvalue weighted by atomic mass is 16.3. The van der Waals surface area contributed by atoms with Crippen LogP contribution in [-0.2, 0) is 11.2 Å². The topological polar surface area (TPSA) is 37.3 Å². The van der Waals surface area contributed by atoms with E-state index >= 15 is 0 Å². The zero-order chi connectivity index (χ0) is 10.4. The van der Waals surface area contributed by atoms with Crippen LogP contribution in [0.2, 0.25) is 0 Å². The standard InChI is InChI=1S/C12H16O2/c1-10(13)7-8-12(14)9-11-5-3-2-4-6-11/h2-6,10,13H,7-9H2,1H3. The molecule has 1 aromatic rings. The van der Waals surface area contributed by atoms with E-state index in [0.717, 1.165) is 5.56 Å². The first kappa shape index (κ1) is 10.9. The van der Waals surface area contributed by atoms with E-state index in [1.165, 1.54) is 0 Å². The van der Waals surface area contributed by atoms with Crippen LogP contribution in [0.1, 0.15) is 25.3 Å². The van der Waals surface area contributed by atoms with Crippen molar-refractivity contribution in [3.05, 3.63) is 35.9 Å². The Morgan fingerprint density at radius 3 is 2.57 bits per heavy atom. The van der Waals surface area contributed by atoms with Crippen LogP contribution in [0.4, 0.5) is 0 Å². The van der Waals surface area contributed by atoms with Crippen molar-refractivity contribution in [3.63, 3.8) is 0 Å². The Bertz CT molecular complexity index is 278. The minimum atomic E-state index is -0.380. The number of hydrogen-bond acceptors (Lipinski definition) is 2. The van der Waals surface area contributed by atoms with Gasteiger partial charge in [0.2, 0.25) is 0 Å². The molecule has 0 aliphatic heterocycles. The largest absolute Gasteiger partial charge is 0.393 e. The Labute approximate surface area is 84.6 Å². The second kappa shape index (κ2) is 5.55. The summed E-state index contributed by atoms with van der Waals surface area (Å²) in [6.45, 7) is 1.70. The first-order valence-corrected chi connectivity index (χ1v) is 4.92. The number of benzene rings is 1. The number of carbonyl (C=O) groups is 1. The van der Waals surface area contributed by atoms with Crippen molar-refractivity contribution in [1.29, 1.82) is 0 Å². The van der Waals surface area contributed by atoms with E-state index in [2.05, 4.69) is 0 Å². The van der Waals surface area contributed by atoms with E-state index in [-0.39, 0.29) is 11.9 Å². The molecule has 1 atom stereocenters. The van der Waals surface area contributed by atoms with Crippen LogP contribution in [0.5, 0.6) is 0 Å². The smallest absolute Gasteiger partial charge is 0.137 e. The van der Waals surface area contributed by atoms with Crippen LogP contribution in [0, 0.1) is 0 Å². The molecule has 0 bridgehead atoms. The lowest BCUT2D eigenvalue weighted by atomic mass is 10.0. The summed E-state index contributed by atoms with van der Waals surface area (Å²) >= 11 is 0. The molecule has 1 unspecified atom stereocenters. The molecule has 1 N–H and O–H groups in total. The lowest BCUT2D eigenvalue weighted by Gasteiger charge is -2.03.